The molecule has 1 nitrogen and oxygen atoms in total. The van der Waals surface area contributed by atoms with Crippen LogP contribution in [0.15, 0.2) is 28.9 Å². The van der Waals surface area contributed by atoms with Gasteiger partial charge in [-0.1, -0.05) is 44.2 Å². The largest absolute Gasteiger partial charge is 0.360 e. The predicted octanol–water partition coefficient (Wildman–Crippen LogP) is 5.44. The Bertz CT molecular complexity index is 523. The summed E-state index contributed by atoms with van der Waals surface area (Å²) < 4.78 is 1.17. The molecule has 1 aliphatic carbocycles. The Labute approximate surface area is 117 Å². The third kappa shape index (κ3) is 2.49. The monoisotopic (exact) mass is 305 g/mol. The number of benzene rings is 1. The molecule has 1 aromatic heterocycles. The molecule has 0 spiro atoms. The molecule has 0 radical (unpaired) electrons. The molecule has 0 amide bonds. The van der Waals surface area contributed by atoms with E-state index in [-0.39, 0.29) is 0 Å². The third-order valence-electron chi connectivity index (χ3n) is 4.30. The highest BCUT2D eigenvalue weighted by molar-refractivity contribution is 9.10. The summed E-state index contributed by atoms with van der Waals surface area (Å²) >= 11 is 3.61. The number of para-hydroxylation sites is 1. The Morgan fingerprint density at radius 2 is 2.00 bits per heavy atom. The van der Waals surface area contributed by atoms with Crippen LogP contribution < -0.4 is 0 Å². The van der Waals surface area contributed by atoms with Crippen LogP contribution in [-0.2, 0) is 6.42 Å². The van der Waals surface area contributed by atoms with Crippen molar-refractivity contribution < 1.29 is 0 Å². The molecule has 0 bridgehead atoms. The van der Waals surface area contributed by atoms with E-state index >= 15 is 0 Å². The summed E-state index contributed by atoms with van der Waals surface area (Å²) in [5.41, 5.74) is 2.73. The lowest BCUT2D eigenvalue weighted by Gasteiger charge is -2.21. The molecule has 1 aliphatic rings. The van der Waals surface area contributed by atoms with Gasteiger partial charge in [0.15, 0.2) is 0 Å². The zero-order chi connectivity index (χ0) is 12.4. The molecule has 2 aromatic rings. The van der Waals surface area contributed by atoms with Gasteiger partial charge in [-0.05, 0) is 46.3 Å². The average Bonchev–Trinajstić information content (AvgIpc) is 2.82. The second-order valence-corrected chi connectivity index (χ2v) is 6.37. The summed E-state index contributed by atoms with van der Waals surface area (Å²) in [4.78, 5) is 3.40. The number of aromatic nitrogens is 1. The third-order valence-corrected chi connectivity index (χ3v) is 4.96. The topological polar surface area (TPSA) is 15.8 Å². The van der Waals surface area contributed by atoms with Gasteiger partial charge in [-0.25, -0.2) is 0 Å². The number of fused-ring (bicyclic) bond motifs is 1. The SMILES string of the molecule is Brc1cccc2c(CCC3CCCCC3)c[nH]c12. The summed E-state index contributed by atoms with van der Waals surface area (Å²) in [5, 5.41) is 1.39. The van der Waals surface area contributed by atoms with Crippen molar-refractivity contribution in [1.82, 2.24) is 4.98 Å². The van der Waals surface area contributed by atoms with Gasteiger partial charge < -0.3 is 4.98 Å². The number of H-pyrrole nitrogens is 1. The first-order chi connectivity index (χ1) is 8.84. The maximum atomic E-state index is 3.61. The number of hydrogen-bond donors (Lipinski definition) is 1. The Balaban J connectivity index is 1.72. The van der Waals surface area contributed by atoms with Crippen LogP contribution in [0.1, 0.15) is 44.1 Å². The predicted molar refractivity (Wildman–Crippen MR) is 80.9 cm³/mol. The molecule has 96 valence electrons. The lowest BCUT2D eigenvalue weighted by Crippen LogP contribution is -2.07. The number of hydrogen-bond acceptors (Lipinski definition) is 0. The Morgan fingerprint density at radius 1 is 1.17 bits per heavy atom. The average molecular weight is 306 g/mol. The Morgan fingerprint density at radius 3 is 2.83 bits per heavy atom. The van der Waals surface area contributed by atoms with Crippen molar-refractivity contribution in [2.75, 3.05) is 0 Å². The van der Waals surface area contributed by atoms with Crippen molar-refractivity contribution in [3.05, 3.63) is 34.4 Å². The first-order valence-electron chi connectivity index (χ1n) is 7.09. The van der Waals surface area contributed by atoms with Crippen LogP contribution in [0, 0.1) is 5.92 Å². The summed E-state index contributed by atoms with van der Waals surface area (Å²) in [6.07, 6.45) is 12.0. The molecule has 1 fully saturated rings. The van der Waals surface area contributed by atoms with E-state index in [4.69, 9.17) is 0 Å². The van der Waals surface area contributed by atoms with Crippen molar-refractivity contribution in [3.8, 4) is 0 Å². The van der Waals surface area contributed by atoms with Gasteiger partial charge in [-0.2, -0.15) is 0 Å². The quantitative estimate of drug-likeness (QED) is 0.777. The number of rotatable bonds is 3. The molecule has 0 unspecified atom stereocenters. The van der Waals surface area contributed by atoms with Crippen molar-refractivity contribution in [2.45, 2.75) is 44.9 Å². The summed E-state index contributed by atoms with van der Waals surface area (Å²) in [7, 11) is 0. The summed E-state index contributed by atoms with van der Waals surface area (Å²) in [5.74, 6) is 0.968. The van der Waals surface area contributed by atoms with Gasteiger partial charge in [-0.3, -0.25) is 0 Å². The second kappa shape index (κ2) is 5.48. The zero-order valence-electron chi connectivity index (χ0n) is 10.7. The van der Waals surface area contributed by atoms with Crippen molar-refractivity contribution in [3.63, 3.8) is 0 Å². The van der Waals surface area contributed by atoms with E-state index < -0.39 is 0 Å². The van der Waals surface area contributed by atoms with E-state index in [1.54, 1.807) is 0 Å². The highest BCUT2D eigenvalue weighted by Crippen LogP contribution is 2.30. The molecule has 0 atom stereocenters. The first kappa shape index (κ1) is 12.3. The van der Waals surface area contributed by atoms with Crippen LogP contribution in [0.3, 0.4) is 0 Å². The van der Waals surface area contributed by atoms with Crippen molar-refractivity contribution >= 4 is 26.8 Å². The molecule has 1 N–H and O–H groups in total. The van der Waals surface area contributed by atoms with E-state index in [2.05, 4.69) is 45.3 Å². The lowest BCUT2D eigenvalue weighted by atomic mass is 9.85. The molecule has 0 aliphatic heterocycles. The van der Waals surface area contributed by atoms with Crippen LogP contribution in [0.25, 0.3) is 10.9 Å². The van der Waals surface area contributed by atoms with Gasteiger partial charge in [0, 0.05) is 16.1 Å². The van der Waals surface area contributed by atoms with Gasteiger partial charge in [-0.15, -0.1) is 0 Å². The maximum absolute atomic E-state index is 3.61. The van der Waals surface area contributed by atoms with E-state index in [9.17, 15) is 0 Å². The lowest BCUT2D eigenvalue weighted by molar-refractivity contribution is 0.339. The minimum Gasteiger partial charge on any atom is -0.360 e. The van der Waals surface area contributed by atoms with Crippen LogP contribution >= 0.6 is 15.9 Å². The maximum Gasteiger partial charge on any atom is 0.0601 e. The minimum atomic E-state index is 0.968. The smallest absolute Gasteiger partial charge is 0.0601 e. The Hall–Kier alpha value is -0.760. The van der Waals surface area contributed by atoms with Gasteiger partial charge in [0.05, 0.1) is 5.52 Å². The van der Waals surface area contributed by atoms with Crippen LogP contribution in [0.5, 0.6) is 0 Å². The van der Waals surface area contributed by atoms with E-state index in [1.165, 1.54) is 65.9 Å². The molecule has 3 rings (SSSR count). The molecular weight excluding hydrogens is 286 g/mol. The van der Waals surface area contributed by atoms with Crippen LogP contribution in [0.2, 0.25) is 0 Å². The van der Waals surface area contributed by atoms with E-state index in [0.29, 0.717) is 0 Å². The fraction of sp³-hybridized carbons (Fsp3) is 0.500. The second-order valence-electron chi connectivity index (χ2n) is 5.52. The number of halogens is 1. The first-order valence-corrected chi connectivity index (χ1v) is 7.88. The molecule has 2 heteroatoms. The van der Waals surface area contributed by atoms with Gasteiger partial charge in [0.2, 0.25) is 0 Å². The summed E-state index contributed by atoms with van der Waals surface area (Å²) in [6, 6.07) is 6.46. The molecule has 18 heavy (non-hydrogen) atoms. The number of aromatic amines is 1. The fourth-order valence-corrected chi connectivity index (χ4v) is 3.70. The van der Waals surface area contributed by atoms with Crippen molar-refractivity contribution in [1.29, 1.82) is 0 Å². The van der Waals surface area contributed by atoms with Crippen molar-refractivity contribution in [2.24, 2.45) is 5.92 Å². The van der Waals surface area contributed by atoms with Gasteiger partial charge in [0.25, 0.3) is 0 Å². The van der Waals surface area contributed by atoms with Crippen LogP contribution in [-0.4, -0.2) is 4.98 Å². The minimum absolute atomic E-state index is 0.968. The standard InChI is InChI=1S/C16H20BrN/c17-15-8-4-7-14-13(11-18-16(14)15)10-9-12-5-2-1-3-6-12/h4,7-8,11-12,18H,1-3,5-6,9-10H2. The summed E-state index contributed by atoms with van der Waals surface area (Å²) in [6.45, 7) is 0. The van der Waals surface area contributed by atoms with E-state index in [0.717, 1.165) is 5.92 Å². The molecule has 1 heterocycles. The molecule has 1 aromatic carbocycles. The number of nitrogens with one attached hydrogen (secondary N) is 1. The van der Waals surface area contributed by atoms with E-state index in [1.807, 2.05) is 0 Å². The van der Waals surface area contributed by atoms with Gasteiger partial charge >= 0.3 is 0 Å². The normalized spacial score (nSPS) is 17.4. The number of aryl methyl sites for hydroxylation is 1. The molecule has 0 saturated heterocycles. The highest BCUT2D eigenvalue weighted by Gasteiger charge is 2.14. The van der Waals surface area contributed by atoms with Gasteiger partial charge in [0.1, 0.15) is 0 Å². The molecular formula is C16H20BrN. The van der Waals surface area contributed by atoms with Crippen LogP contribution in [0.4, 0.5) is 0 Å². The fourth-order valence-electron chi connectivity index (χ4n) is 3.22. The highest BCUT2D eigenvalue weighted by atomic mass is 79.9. The molecule has 1 saturated carbocycles. The zero-order valence-corrected chi connectivity index (χ0v) is 12.3. The Kier molecular flexibility index (Phi) is 3.74.